The van der Waals surface area contributed by atoms with E-state index in [1.54, 1.807) is 6.92 Å². The van der Waals surface area contributed by atoms with Crippen LogP contribution < -0.4 is 0 Å². The molecule has 0 aliphatic heterocycles. The van der Waals surface area contributed by atoms with Crippen molar-refractivity contribution in [3.8, 4) is 33.8 Å². The Morgan fingerprint density at radius 1 is 0.645 bits per heavy atom. The number of ketones is 1. The number of halogens is 3. The molecule has 0 fully saturated rings. The zero-order valence-electron chi connectivity index (χ0n) is 16.9. The van der Waals surface area contributed by atoms with Gasteiger partial charge in [-0.05, 0) is 36.8 Å². The molecule has 0 atom stereocenters. The maximum atomic E-state index is 11.6. The molecule has 0 amide bonds. The SMILES string of the molecule is CC(=O)c1ccc(-c2cc(-c3ccccc3)[o+]c(-c3ccccc3)c2)cc1.[Cl][Zn-]([Cl])[Cl]. The molecule has 1 heterocycles. The Bertz CT molecular complexity index is 1070. The Balaban J connectivity index is 0.000000628. The topological polar surface area (TPSA) is 28.4 Å². The van der Waals surface area contributed by atoms with Crippen molar-refractivity contribution < 1.29 is 22.2 Å². The first-order chi connectivity index (χ1) is 14.9. The second kappa shape index (κ2) is 11.6. The second-order valence-electron chi connectivity index (χ2n) is 6.74. The summed E-state index contributed by atoms with van der Waals surface area (Å²) in [5.41, 5.74) is 4.86. The molecule has 3 aromatic carbocycles. The number of hydrogen-bond acceptors (Lipinski definition) is 1. The molecule has 4 aromatic rings. The average Bonchev–Trinajstić information content (AvgIpc) is 2.79. The van der Waals surface area contributed by atoms with E-state index in [2.05, 4.69) is 0 Å². The average molecular weight is 523 g/mol. The molecule has 0 aliphatic rings. The number of carbonyl (C=O) groups excluding carboxylic acids is 1. The van der Waals surface area contributed by atoms with Crippen LogP contribution >= 0.6 is 29.1 Å². The fourth-order valence-corrected chi connectivity index (χ4v) is 3.05. The Kier molecular flexibility index (Phi) is 8.81. The van der Waals surface area contributed by atoms with Crippen LogP contribution in [0.25, 0.3) is 33.8 Å². The summed E-state index contributed by atoms with van der Waals surface area (Å²) >= 11 is -2.21. The predicted octanol–water partition coefficient (Wildman–Crippen LogP) is 8.83. The molecule has 154 valence electrons. The van der Waals surface area contributed by atoms with Crippen molar-refractivity contribution in [2.75, 3.05) is 0 Å². The number of benzene rings is 3. The van der Waals surface area contributed by atoms with Crippen LogP contribution in [0, 0.1) is 0 Å². The number of carbonyl (C=O) groups is 1. The molecule has 2 nitrogen and oxygen atoms in total. The molecule has 0 bridgehead atoms. The van der Waals surface area contributed by atoms with Gasteiger partial charge >= 0.3 is 53.6 Å². The van der Waals surface area contributed by atoms with Crippen LogP contribution in [-0.4, -0.2) is 5.78 Å². The molecule has 0 radical (unpaired) electrons. The summed E-state index contributed by atoms with van der Waals surface area (Å²) < 4.78 is 6.22. The summed E-state index contributed by atoms with van der Waals surface area (Å²) in [5.74, 6) is 1.68. The van der Waals surface area contributed by atoms with Gasteiger partial charge in [-0.1, -0.05) is 60.7 Å². The van der Waals surface area contributed by atoms with Gasteiger partial charge in [0.25, 0.3) is 0 Å². The Labute approximate surface area is 199 Å². The third-order valence-electron chi connectivity index (χ3n) is 4.53. The van der Waals surface area contributed by atoms with Crippen molar-refractivity contribution in [2.24, 2.45) is 0 Å². The second-order valence-corrected chi connectivity index (χ2v) is 20.6. The molecule has 4 rings (SSSR count). The normalized spacial score (nSPS) is 10.1. The molecule has 0 spiro atoms. The zero-order valence-corrected chi connectivity index (χ0v) is 22.1. The number of hydrogen-bond donors (Lipinski definition) is 0. The van der Waals surface area contributed by atoms with Crippen LogP contribution in [0.2, 0.25) is 0 Å². The molecule has 6 heteroatoms. The minimum absolute atomic E-state index is 0.0690. The van der Waals surface area contributed by atoms with Gasteiger partial charge in [-0.15, -0.1) is 0 Å². The first-order valence-corrected chi connectivity index (χ1v) is 21.4. The van der Waals surface area contributed by atoms with Gasteiger partial charge in [0.15, 0.2) is 5.78 Å². The van der Waals surface area contributed by atoms with Gasteiger partial charge in [0.1, 0.15) is 0 Å². The molecule has 0 saturated carbocycles. The summed E-state index contributed by atoms with van der Waals surface area (Å²) in [4.78, 5) is 11.6. The van der Waals surface area contributed by atoms with E-state index in [-0.39, 0.29) is 5.78 Å². The fourth-order valence-electron chi connectivity index (χ4n) is 3.05. The monoisotopic (exact) mass is 520 g/mol. The Morgan fingerprint density at radius 3 is 1.45 bits per heavy atom. The summed E-state index contributed by atoms with van der Waals surface area (Å²) in [6, 6.07) is 31.9. The fraction of sp³-hybridized carbons (Fsp3) is 0.0400. The van der Waals surface area contributed by atoms with Crippen LogP contribution in [0.5, 0.6) is 0 Å². The van der Waals surface area contributed by atoms with Crippen LogP contribution in [0.4, 0.5) is 0 Å². The van der Waals surface area contributed by atoms with Crippen LogP contribution in [0.15, 0.2) is 101 Å². The van der Waals surface area contributed by atoms with E-state index < -0.39 is 13.0 Å². The van der Waals surface area contributed by atoms with Crippen molar-refractivity contribution in [2.45, 2.75) is 6.92 Å². The van der Waals surface area contributed by atoms with E-state index in [1.165, 1.54) is 0 Å². The van der Waals surface area contributed by atoms with Crippen LogP contribution in [-0.2, 0) is 13.0 Å². The van der Waals surface area contributed by atoms with E-state index in [0.29, 0.717) is 5.56 Å². The Hall–Kier alpha value is -2.03. The van der Waals surface area contributed by atoms with Crippen molar-refractivity contribution in [3.63, 3.8) is 0 Å². The summed E-state index contributed by atoms with van der Waals surface area (Å²) in [7, 11) is 15.0. The van der Waals surface area contributed by atoms with Gasteiger partial charge in [0.2, 0.25) is 0 Å². The molecule has 0 saturated heterocycles. The minimum atomic E-state index is -2.21. The molecular formula is C25H19Cl3O2Zn. The van der Waals surface area contributed by atoms with Gasteiger partial charge in [0.05, 0.1) is 23.3 Å². The van der Waals surface area contributed by atoms with Crippen LogP contribution in [0.1, 0.15) is 17.3 Å². The van der Waals surface area contributed by atoms with Gasteiger partial charge in [-0.3, -0.25) is 4.79 Å². The van der Waals surface area contributed by atoms with Crippen molar-refractivity contribution in [3.05, 3.63) is 103 Å². The molecule has 0 unspecified atom stereocenters. The van der Waals surface area contributed by atoms with E-state index in [0.717, 1.165) is 33.8 Å². The van der Waals surface area contributed by atoms with E-state index in [9.17, 15) is 4.79 Å². The van der Waals surface area contributed by atoms with Crippen molar-refractivity contribution in [1.82, 2.24) is 0 Å². The quantitative estimate of drug-likeness (QED) is 0.152. The summed E-state index contributed by atoms with van der Waals surface area (Å²) in [6.07, 6.45) is 0. The van der Waals surface area contributed by atoms with E-state index >= 15 is 0 Å². The maximum absolute atomic E-state index is 11.6. The van der Waals surface area contributed by atoms with Crippen molar-refractivity contribution in [1.29, 1.82) is 0 Å². The third kappa shape index (κ3) is 6.99. The Morgan fingerprint density at radius 2 is 1.06 bits per heavy atom. The zero-order chi connectivity index (χ0) is 22.2. The van der Waals surface area contributed by atoms with Crippen molar-refractivity contribution >= 4 is 34.9 Å². The molecular weight excluding hydrogens is 504 g/mol. The molecule has 0 N–H and O–H groups in total. The predicted molar refractivity (Wildman–Crippen MR) is 127 cm³/mol. The van der Waals surface area contributed by atoms with Gasteiger partial charge in [0, 0.05) is 11.1 Å². The summed E-state index contributed by atoms with van der Waals surface area (Å²) in [5, 5.41) is 0. The van der Waals surface area contributed by atoms with Gasteiger partial charge in [-0.2, -0.15) is 0 Å². The molecule has 31 heavy (non-hydrogen) atoms. The van der Waals surface area contributed by atoms with Gasteiger partial charge in [-0.25, -0.2) is 4.42 Å². The van der Waals surface area contributed by atoms with E-state index in [4.69, 9.17) is 33.5 Å². The molecule has 1 aromatic heterocycles. The molecule has 0 aliphatic carbocycles. The van der Waals surface area contributed by atoms with Gasteiger partial charge < -0.3 is 0 Å². The summed E-state index contributed by atoms with van der Waals surface area (Å²) in [6.45, 7) is 1.58. The first kappa shape index (κ1) is 23.6. The first-order valence-electron chi connectivity index (χ1n) is 9.71. The van der Waals surface area contributed by atoms with E-state index in [1.807, 2.05) is 97.1 Å². The van der Waals surface area contributed by atoms with Crippen LogP contribution in [0.3, 0.4) is 0 Å². The third-order valence-corrected chi connectivity index (χ3v) is 4.53. The number of Topliss-reactive ketones (excluding diaryl/α,β-unsaturated/α-hetero) is 1. The standard InChI is InChI=1S/C25H19O2.3ClH.Zn/c1-18(26)19-12-14-20(15-13-19)23-16-24(21-8-4-2-5-9-21)27-25(17-23)22-10-6-3-7-11-22;;;;/h2-17H,1H3;3*1H;/q+1;;;;+2/p-3. The number of rotatable bonds is 4.